The summed E-state index contributed by atoms with van der Waals surface area (Å²) in [5, 5.41) is 11.4. The van der Waals surface area contributed by atoms with E-state index in [4.69, 9.17) is 0 Å². The molecule has 8 heteroatoms. The molecule has 1 N–H and O–H groups in total. The lowest BCUT2D eigenvalue weighted by Gasteiger charge is -2.06. The molecular weight excluding hydrogens is 401 g/mol. The number of benzene rings is 1. The molecule has 1 aromatic heterocycles. The van der Waals surface area contributed by atoms with Crippen molar-refractivity contribution in [1.82, 2.24) is 10.2 Å². The fourth-order valence-electron chi connectivity index (χ4n) is 2.49. The van der Waals surface area contributed by atoms with Gasteiger partial charge in [0.1, 0.15) is 5.82 Å². The molecule has 23 heavy (non-hydrogen) atoms. The van der Waals surface area contributed by atoms with Crippen LogP contribution in [0.3, 0.4) is 0 Å². The maximum atomic E-state index is 13.8. The summed E-state index contributed by atoms with van der Waals surface area (Å²) in [5.41, 5.74) is 0.616. The Labute approximate surface area is 150 Å². The molecule has 0 atom stereocenters. The van der Waals surface area contributed by atoms with E-state index in [2.05, 4.69) is 31.4 Å². The van der Waals surface area contributed by atoms with Crippen LogP contribution in [0.4, 0.5) is 9.52 Å². The number of hydrogen-bond donors (Lipinski definition) is 1. The normalized spacial score (nSPS) is 15.0. The fourth-order valence-corrected chi connectivity index (χ4v) is 4.57. The molecule has 1 aliphatic rings. The molecule has 0 bridgehead atoms. The first-order chi connectivity index (χ1) is 11.1. The van der Waals surface area contributed by atoms with Crippen LogP contribution in [0.2, 0.25) is 0 Å². The lowest BCUT2D eigenvalue weighted by Crippen LogP contribution is -2.20. The monoisotopic (exact) mass is 415 g/mol. The first kappa shape index (κ1) is 16.9. The SMILES string of the molecule is O=C(Nc1nnc(SCc2ccc(Br)cc2F)s1)C1CCCC1. The van der Waals surface area contributed by atoms with Gasteiger partial charge in [-0.25, -0.2) is 4.39 Å². The Morgan fingerprint density at radius 1 is 1.39 bits per heavy atom. The van der Waals surface area contributed by atoms with Crippen LogP contribution < -0.4 is 5.32 Å². The van der Waals surface area contributed by atoms with E-state index < -0.39 is 0 Å². The quantitative estimate of drug-likeness (QED) is 0.559. The van der Waals surface area contributed by atoms with Gasteiger partial charge in [0.05, 0.1) is 0 Å². The van der Waals surface area contributed by atoms with E-state index in [0.29, 0.717) is 20.8 Å². The van der Waals surface area contributed by atoms with E-state index in [-0.39, 0.29) is 17.6 Å². The molecule has 0 radical (unpaired) electrons. The van der Waals surface area contributed by atoms with Crippen molar-refractivity contribution in [3.8, 4) is 0 Å². The fraction of sp³-hybridized carbons (Fsp3) is 0.400. The van der Waals surface area contributed by atoms with Crippen molar-refractivity contribution in [2.24, 2.45) is 5.92 Å². The van der Waals surface area contributed by atoms with Crippen molar-refractivity contribution in [2.75, 3.05) is 5.32 Å². The summed E-state index contributed by atoms with van der Waals surface area (Å²) in [6.45, 7) is 0. The smallest absolute Gasteiger partial charge is 0.229 e. The molecule has 3 rings (SSSR count). The third kappa shape index (κ3) is 4.51. The first-order valence-corrected chi connectivity index (χ1v) is 9.92. The predicted octanol–water partition coefficient (Wildman–Crippen LogP) is 4.86. The summed E-state index contributed by atoms with van der Waals surface area (Å²) in [6.07, 6.45) is 4.15. The molecule has 1 aliphatic carbocycles. The maximum absolute atomic E-state index is 13.8. The predicted molar refractivity (Wildman–Crippen MR) is 94.2 cm³/mol. The van der Waals surface area contributed by atoms with Gasteiger partial charge < -0.3 is 5.32 Å². The number of amides is 1. The number of nitrogens with zero attached hydrogens (tertiary/aromatic N) is 2. The Morgan fingerprint density at radius 2 is 2.17 bits per heavy atom. The summed E-state index contributed by atoms with van der Waals surface area (Å²) in [7, 11) is 0. The molecule has 0 saturated heterocycles. The largest absolute Gasteiger partial charge is 0.300 e. The maximum Gasteiger partial charge on any atom is 0.229 e. The molecule has 1 heterocycles. The average Bonchev–Trinajstić information content (AvgIpc) is 3.17. The van der Waals surface area contributed by atoms with Crippen LogP contribution in [-0.2, 0) is 10.5 Å². The Balaban J connectivity index is 1.55. The number of aromatic nitrogens is 2. The van der Waals surface area contributed by atoms with E-state index in [9.17, 15) is 9.18 Å². The van der Waals surface area contributed by atoms with E-state index in [0.717, 1.165) is 30.2 Å². The van der Waals surface area contributed by atoms with E-state index in [1.807, 2.05) is 6.07 Å². The van der Waals surface area contributed by atoms with Crippen LogP contribution in [0, 0.1) is 11.7 Å². The summed E-state index contributed by atoms with van der Waals surface area (Å²) in [4.78, 5) is 12.0. The molecule has 4 nitrogen and oxygen atoms in total. The Bertz CT molecular complexity index is 704. The highest BCUT2D eigenvalue weighted by molar-refractivity contribution is 9.10. The van der Waals surface area contributed by atoms with Crippen molar-refractivity contribution < 1.29 is 9.18 Å². The van der Waals surface area contributed by atoms with Gasteiger partial charge >= 0.3 is 0 Å². The minimum absolute atomic E-state index is 0.0363. The zero-order valence-corrected chi connectivity index (χ0v) is 15.4. The zero-order chi connectivity index (χ0) is 16.2. The van der Waals surface area contributed by atoms with Gasteiger partial charge in [0.15, 0.2) is 4.34 Å². The van der Waals surface area contributed by atoms with Crippen molar-refractivity contribution in [1.29, 1.82) is 0 Å². The summed E-state index contributed by atoms with van der Waals surface area (Å²) >= 11 is 5.98. The highest BCUT2D eigenvalue weighted by Gasteiger charge is 2.23. The van der Waals surface area contributed by atoms with E-state index in [1.165, 1.54) is 29.2 Å². The number of hydrogen-bond acceptors (Lipinski definition) is 5. The molecule has 2 aromatic rings. The van der Waals surface area contributed by atoms with Gasteiger partial charge in [-0.05, 0) is 30.5 Å². The second kappa shape index (κ2) is 7.72. The summed E-state index contributed by atoms with van der Waals surface area (Å²) in [5.74, 6) is 0.372. The minimum Gasteiger partial charge on any atom is -0.300 e. The highest BCUT2D eigenvalue weighted by Crippen LogP contribution is 2.31. The number of thioether (sulfide) groups is 1. The van der Waals surface area contributed by atoms with Gasteiger partial charge in [-0.1, -0.05) is 57.9 Å². The molecule has 0 aliphatic heterocycles. The highest BCUT2D eigenvalue weighted by atomic mass is 79.9. The first-order valence-electron chi connectivity index (χ1n) is 7.33. The topological polar surface area (TPSA) is 54.9 Å². The Hall–Kier alpha value is -0.990. The number of anilines is 1. The molecule has 1 aromatic carbocycles. The van der Waals surface area contributed by atoms with Crippen LogP contribution in [0.25, 0.3) is 0 Å². The molecule has 0 unspecified atom stereocenters. The summed E-state index contributed by atoms with van der Waals surface area (Å²) < 4.78 is 15.2. The third-order valence-corrected chi connectivity index (χ3v) is 6.24. The number of carbonyl (C=O) groups excluding carboxylic acids is 1. The lowest BCUT2D eigenvalue weighted by atomic mass is 10.1. The van der Waals surface area contributed by atoms with Crippen LogP contribution in [0.15, 0.2) is 27.0 Å². The van der Waals surface area contributed by atoms with Gasteiger partial charge in [0, 0.05) is 16.1 Å². The molecule has 1 saturated carbocycles. The van der Waals surface area contributed by atoms with Crippen LogP contribution in [-0.4, -0.2) is 16.1 Å². The van der Waals surface area contributed by atoms with Crippen LogP contribution in [0.5, 0.6) is 0 Å². The third-order valence-electron chi connectivity index (χ3n) is 3.73. The second-order valence-electron chi connectivity index (χ2n) is 5.37. The molecule has 122 valence electrons. The van der Waals surface area contributed by atoms with Gasteiger partial charge in [-0.2, -0.15) is 0 Å². The second-order valence-corrected chi connectivity index (χ2v) is 8.48. The van der Waals surface area contributed by atoms with Crippen molar-refractivity contribution in [3.05, 3.63) is 34.1 Å². The zero-order valence-electron chi connectivity index (χ0n) is 12.2. The van der Waals surface area contributed by atoms with Gasteiger partial charge in [-0.3, -0.25) is 4.79 Å². The lowest BCUT2D eigenvalue weighted by molar-refractivity contribution is -0.119. The van der Waals surface area contributed by atoms with Crippen LogP contribution >= 0.6 is 39.0 Å². The van der Waals surface area contributed by atoms with Crippen molar-refractivity contribution in [2.45, 2.75) is 35.8 Å². The van der Waals surface area contributed by atoms with Gasteiger partial charge in [0.2, 0.25) is 11.0 Å². The minimum atomic E-state index is -0.244. The molecule has 0 spiro atoms. The van der Waals surface area contributed by atoms with Gasteiger partial charge in [-0.15, -0.1) is 10.2 Å². The Kier molecular flexibility index (Phi) is 5.66. The Morgan fingerprint density at radius 3 is 2.91 bits per heavy atom. The molecular formula is C15H15BrFN3OS2. The van der Waals surface area contributed by atoms with Crippen molar-refractivity contribution in [3.63, 3.8) is 0 Å². The van der Waals surface area contributed by atoms with E-state index >= 15 is 0 Å². The van der Waals surface area contributed by atoms with Crippen molar-refractivity contribution >= 4 is 50.1 Å². The van der Waals surface area contributed by atoms with E-state index in [1.54, 1.807) is 6.07 Å². The number of nitrogens with one attached hydrogen (secondary N) is 1. The van der Waals surface area contributed by atoms with Crippen LogP contribution in [0.1, 0.15) is 31.2 Å². The molecule has 1 amide bonds. The molecule has 1 fully saturated rings. The number of rotatable bonds is 5. The van der Waals surface area contributed by atoms with Gasteiger partial charge in [0.25, 0.3) is 0 Å². The summed E-state index contributed by atoms with van der Waals surface area (Å²) in [6, 6.07) is 5.01. The number of carbonyl (C=O) groups is 1. The number of halogens is 2. The average molecular weight is 416 g/mol. The standard InChI is InChI=1S/C15H15BrFN3OS2/c16-11-6-5-10(12(17)7-11)8-22-15-20-19-14(23-15)18-13(21)9-3-1-2-4-9/h5-7,9H,1-4,8H2,(H,18,19,21).